The molecule has 1 N–H and O–H groups in total. The van der Waals surface area contributed by atoms with Gasteiger partial charge in [0, 0.05) is 19.1 Å². The molecule has 2 rings (SSSR count). The van der Waals surface area contributed by atoms with Gasteiger partial charge in [-0.15, -0.1) is 0 Å². The minimum Gasteiger partial charge on any atom is -0.497 e. The molecule has 1 aliphatic carbocycles. The Bertz CT molecular complexity index is 398. The maximum atomic E-state index is 10.6. The van der Waals surface area contributed by atoms with Crippen LogP contribution in [0.25, 0.3) is 0 Å². The molecule has 1 aromatic carbocycles. The fourth-order valence-corrected chi connectivity index (χ4v) is 2.04. The van der Waals surface area contributed by atoms with Crippen molar-refractivity contribution in [3.63, 3.8) is 0 Å². The van der Waals surface area contributed by atoms with Crippen LogP contribution >= 0.6 is 0 Å². The Morgan fingerprint density at radius 1 is 1.39 bits per heavy atom. The Kier molecular flexibility index (Phi) is 4.20. The number of ether oxygens (including phenoxy) is 1. The van der Waals surface area contributed by atoms with Crippen LogP contribution in [0.3, 0.4) is 0 Å². The van der Waals surface area contributed by atoms with Gasteiger partial charge in [-0.1, -0.05) is 12.1 Å². The van der Waals surface area contributed by atoms with E-state index in [0.717, 1.165) is 12.3 Å². The summed E-state index contributed by atoms with van der Waals surface area (Å²) in [6, 6.07) is 8.53. The molecule has 0 spiro atoms. The van der Waals surface area contributed by atoms with Crippen molar-refractivity contribution < 1.29 is 14.6 Å². The highest BCUT2D eigenvalue weighted by atomic mass is 16.5. The monoisotopic (exact) mass is 249 g/mol. The zero-order valence-corrected chi connectivity index (χ0v) is 10.6. The summed E-state index contributed by atoms with van der Waals surface area (Å²) in [5, 5.41) is 8.76. The molecule has 0 saturated heterocycles. The molecule has 98 valence electrons. The van der Waals surface area contributed by atoms with Gasteiger partial charge in [0.05, 0.1) is 13.5 Å². The molecule has 0 amide bonds. The van der Waals surface area contributed by atoms with Gasteiger partial charge in [0.15, 0.2) is 0 Å². The normalized spacial score (nSPS) is 14.8. The number of aliphatic carboxylic acids is 1. The molecule has 0 unspecified atom stereocenters. The van der Waals surface area contributed by atoms with E-state index in [9.17, 15) is 4.79 Å². The maximum absolute atomic E-state index is 10.6. The lowest BCUT2D eigenvalue weighted by Crippen LogP contribution is -2.28. The zero-order valence-electron chi connectivity index (χ0n) is 10.6. The first kappa shape index (κ1) is 12.9. The van der Waals surface area contributed by atoms with Crippen molar-refractivity contribution in [1.29, 1.82) is 0 Å². The molecule has 1 aliphatic rings. The van der Waals surface area contributed by atoms with E-state index in [4.69, 9.17) is 9.84 Å². The zero-order chi connectivity index (χ0) is 13.0. The van der Waals surface area contributed by atoms with Crippen LogP contribution in [0, 0.1) is 0 Å². The molecule has 4 heteroatoms. The third-order valence-corrected chi connectivity index (χ3v) is 3.22. The number of carboxylic acids is 1. The van der Waals surface area contributed by atoms with Crippen LogP contribution < -0.4 is 4.74 Å². The molecule has 1 fully saturated rings. The van der Waals surface area contributed by atoms with Crippen molar-refractivity contribution in [1.82, 2.24) is 4.90 Å². The van der Waals surface area contributed by atoms with Gasteiger partial charge in [0.1, 0.15) is 5.75 Å². The molecule has 0 bridgehead atoms. The first-order valence-electron chi connectivity index (χ1n) is 6.28. The summed E-state index contributed by atoms with van der Waals surface area (Å²) in [6.07, 6.45) is 2.60. The molecule has 1 saturated carbocycles. The van der Waals surface area contributed by atoms with Gasteiger partial charge in [0.2, 0.25) is 0 Å². The number of nitrogens with zero attached hydrogens (tertiary/aromatic N) is 1. The molecule has 18 heavy (non-hydrogen) atoms. The Labute approximate surface area is 107 Å². The number of methoxy groups -OCH3 is 1. The fourth-order valence-electron chi connectivity index (χ4n) is 2.04. The number of hydrogen-bond acceptors (Lipinski definition) is 3. The van der Waals surface area contributed by atoms with Gasteiger partial charge >= 0.3 is 5.97 Å². The van der Waals surface area contributed by atoms with Gasteiger partial charge in [-0.05, 0) is 30.5 Å². The molecule has 4 nitrogen and oxygen atoms in total. The first-order valence-corrected chi connectivity index (χ1v) is 6.28. The third kappa shape index (κ3) is 3.74. The molecule has 1 aromatic rings. The quantitative estimate of drug-likeness (QED) is 0.804. The molecule has 0 heterocycles. The van der Waals surface area contributed by atoms with E-state index < -0.39 is 5.97 Å². The summed E-state index contributed by atoms with van der Waals surface area (Å²) in [5.41, 5.74) is 1.20. The topological polar surface area (TPSA) is 49.8 Å². The first-order chi connectivity index (χ1) is 8.69. The SMILES string of the molecule is COc1ccc(CN(CCC(=O)O)C2CC2)cc1. The predicted molar refractivity (Wildman–Crippen MR) is 68.7 cm³/mol. The standard InChI is InChI=1S/C14H19NO3/c1-18-13-6-2-11(3-7-13)10-15(12-4-5-12)9-8-14(16)17/h2-3,6-7,12H,4-5,8-10H2,1H3,(H,16,17). The molecular formula is C14H19NO3. The summed E-state index contributed by atoms with van der Waals surface area (Å²) in [5.74, 6) is 0.123. The van der Waals surface area contributed by atoms with Crippen molar-refractivity contribution in [2.75, 3.05) is 13.7 Å². The van der Waals surface area contributed by atoms with Gasteiger partial charge in [-0.2, -0.15) is 0 Å². The second kappa shape index (κ2) is 5.87. The van der Waals surface area contributed by atoms with Crippen molar-refractivity contribution in [3.05, 3.63) is 29.8 Å². The maximum Gasteiger partial charge on any atom is 0.304 e. The Balaban J connectivity index is 1.92. The average Bonchev–Trinajstić information content (AvgIpc) is 3.19. The van der Waals surface area contributed by atoms with E-state index in [1.165, 1.54) is 18.4 Å². The molecule has 0 atom stereocenters. The summed E-state index contributed by atoms with van der Waals surface area (Å²) in [7, 11) is 1.65. The van der Waals surface area contributed by atoms with E-state index in [1.54, 1.807) is 7.11 Å². The molecule has 0 aliphatic heterocycles. The number of benzene rings is 1. The van der Waals surface area contributed by atoms with E-state index in [0.29, 0.717) is 12.6 Å². The Morgan fingerprint density at radius 2 is 2.06 bits per heavy atom. The number of hydrogen-bond donors (Lipinski definition) is 1. The number of rotatable bonds is 7. The van der Waals surface area contributed by atoms with Gasteiger partial charge in [0.25, 0.3) is 0 Å². The number of carboxylic acid groups (broad SMARTS) is 1. The van der Waals surface area contributed by atoms with E-state index in [2.05, 4.69) is 4.90 Å². The minimum atomic E-state index is -0.726. The highest BCUT2D eigenvalue weighted by molar-refractivity contribution is 5.66. The van der Waals surface area contributed by atoms with E-state index in [1.807, 2.05) is 24.3 Å². The van der Waals surface area contributed by atoms with E-state index in [-0.39, 0.29) is 6.42 Å². The van der Waals surface area contributed by atoms with E-state index >= 15 is 0 Å². The molecule has 0 radical (unpaired) electrons. The smallest absolute Gasteiger partial charge is 0.304 e. The van der Waals surface area contributed by atoms with Crippen LogP contribution in [0.1, 0.15) is 24.8 Å². The Morgan fingerprint density at radius 3 is 2.56 bits per heavy atom. The van der Waals surface area contributed by atoms with Crippen LogP contribution in [-0.4, -0.2) is 35.7 Å². The summed E-state index contributed by atoms with van der Waals surface area (Å²) in [6.45, 7) is 1.45. The molecular weight excluding hydrogens is 230 g/mol. The highest BCUT2D eigenvalue weighted by Crippen LogP contribution is 2.28. The van der Waals surface area contributed by atoms with Crippen molar-refractivity contribution in [2.45, 2.75) is 31.8 Å². The molecule has 0 aromatic heterocycles. The van der Waals surface area contributed by atoms with Gasteiger partial charge < -0.3 is 9.84 Å². The van der Waals surface area contributed by atoms with Gasteiger partial charge in [-0.25, -0.2) is 0 Å². The minimum absolute atomic E-state index is 0.215. The summed E-state index contributed by atoms with van der Waals surface area (Å²) < 4.78 is 5.12. The van der Waals surface area contributed by atoms with Crippen LogP contribution in [0.5, 0.6) is 5.75 Å². The fraction of sp³-hybridized carbons (Fsp3) is 0.500. The second-order valence-corrected chi connectivity index (χ2v) is 4.69. The third-order valence-electron chi connectivity index (χ3n) is 3.22. The van der Waals surface area contributed by atoms with Crippen LogP contribution in [-0.2, 0) is 11.3 Å². The summed E-state index contributed by atoms with van der Waals surface area (Å²) in [4.78, 5) is 12.9. The lowest BCUT2D eigenvalue weighted by Gasteiger charge is -2.21. The van der Waals surface area contributed by atoms with Crippen LogP contribution in [0.2, 0.25) is 0 Å². The van der Waals surface area contributed by atoms with Crippen molar-refractivity contribution >= 4 is 5.97 Å². The lowest BCUT2D eigenvalue weighted by molar-refractivity contribution is -0.137. The van der Waals surface area contributed by atoms with Crippen molar-refractivity contribution in [3.8, 4) is 5.75 Å². The van der Waals surface area contributed by atoms with Crippen molar-refractivity contribution in [2.24, 2.45) is 0 Å². The summed E-state index contributed by atoms with van der Waals surface area (Å²) >= 11 is 0. The van der Waals surface area contributed by atoms with Crippen LogP contribution in [0.4, 0.5) is 0 Å². The lowest BCUT2D eigenvalue weighted by atomic mass is 10.2. The average molecular weight is 249 g/mol. The second-order valence-electron chi connectivity index (χ2n) is 4.69. The Hall–Kier alpha value is -1.55. The largest absolute Gasteiger partial charge is 0.497 e. The van der Waals surface area contributed by atoms with Crippen LogP contribution in [0.15, 0.2) is 24.3 Å². The highest BCUT2D eigenvalue weighted by Gasteiger charge is 2.28. The number of carbonyl (C=O) groups is 1. The predicted octanol–water partition coefficient (Wildman–Crippen LogP) is 2.13. The van der Waals surface area contributed by atoms with Gasteiger partial charge in [-0.3, -0.25) is 9.69 Å².